The molecule has 3 heteroatoms. The molecule has 0 fully saturated rings. The molecule has 0 radical (unpaired) electrons. The van der Waals surface area contributed by atoms with E-state index in [1.807, 2.05) is 39.8 Å². The Hall–Kier alpha value is -2.29. The summed E-state index contributed by atoms with van der Waals surface area (Å²) in [6.07, 6.45) is 0.110. The van der Waals surface area contributed by atoms with Gasteiger partial charge in [-0.3, -0.25) is 0 Å². The molecule has 0 aliphatic carbocycles. The van der Waals surface area contributed by atoms with E-state index in [0.29, 0.717) is 11.3 Å². The normalized spacial score (nSPS) is 10.5. The Kier molecular flexibility index (Phi) is 4.63. The molecule has 2 aromatic rings. The minimum Gasteiger partial charge on any atom is -0.491 e. The highest BCUT2D eigenvalue weighted by Gasteiger charge is 2.09. The zero-order valence-electron chi connectivity index (χ0n) is 12.8. The zero-order valence-corrected chi connectivity index (χ0v) is 12.8. The minimum absolute atomic E-state index is 0.110. The van der Waals surface area contributed by atoms with E-state index in [4.69, 9.17) is 9.47 Å². The molecule has 0 bridgehead atoms. The third-order valence-corrected chi connectivity index (χ3v) is 3.15. The minimum atomic E-state index is -0.366. The van der Waals surface area contributed by atoms with Crippen LogP contribution in [0.4, 0.5) is 0 Å². The van der Waals surface area contributed by atoms with E-state index in [1.54, 1.807) is 30.3 Å². The number of benzene rings is 2. The first-order chi connectivity index (χ1) is 9.95. The van der Waals surface area contributed by atoms with Gasteiger partial charge in [-0.2, -0.15) is 0 Å². The van der Waals surface area contributed by atoms with Gasteiger partial charge in [0.05, 0.1) is 11.7 Å². The molecular formula is C18H20O3. The second kappa shape index (κ2) is 6.44. The molecule has 0 atom stereocenters. The van der Waals surface area contributed by atoms with E-state index >= 15 is 0 Å². The molecule has 110 valence electrons. The van der Waals surface area contributed by atoms with Gasteiger partial charge in [-0.15, -0.1) is 0 Å². The Bertz CT molecular complexity index is 627. The molecule has 0 saturated carbocycles. The topological polar surface area (TPSA) is 35.5 Å². The summed E-state index contributed by atoms with van der Waals surface area (Å²) in [5, 5.41) is 0. The van der Waals surface area contributed by atoms with Gasteiger partial charge in [-0.05, 0) is 75.2 Å². The molecule has 3 nitrogen and oxygen atoms in total. The molecule has 0 heterocycles. The highest BCUT2D eigenvalue weighted by molar-refractivity contribution is 5.91. The van der Waals surface area contributed by atoms with Crippen LogP contribution in [-0.4, -0.2) is 12.1 Å². The maximum atomic E-state index is 12.1. The summed E-state index contributed by atoms with van der Waals surface area (Å²) < 4.78 is 10.9. The third kappa shape index (κ3) is 4.09. The fraction of sp³-hybridized carbons (Fsp3) is 0.278. The Labute approximate surface area is 125 Å². The second-order valence-corrected chi connectivity index (χ2v) is 5.33. The first kappa shape index (κ1) is 15.1. The van der Waals surface area contributed by atoms with Crippen molar-refractivity contribution in [2.45, 2.75) is 33.8 Å². The van der Waals surface area contributed by atoms with Crippen LogP contribution in [0.15, 0.2) is 42.5 Å². The number of esters is 1. The van der Waals surface area contributed by atoms with Gasteiger partial charge >= 0.3 is 5.97 Å². The molecule has 0 aliphatic rings. The number of hydrogen-bond acceptors (Lipinski definition) is 3. The van der Waals surface area contributed by atoms with Gasteiger partial charge in [0.2, 0.25) is 0 Å². The van der Waals surface area contributed by atoms with Gasteiger partial charge in [-0.25, -0.2) is 4.79 Å². The summed E-state index contributed by atoms with van der Waals surface area (Å²) in [5.41, 5.74) is 2.77. The summed E-state index contributed by atoms with van der Waals surface area (Å²) in [7, 11) is 0. The van der Waals surface area contributed by atoms with Crippen LogP contribution in [0, 0.1) is 13.8 Å². The van der Waals surface area contributed by atoms with Crippen molar-refractivity contribution in [1.82, 2.24) is 0 Å². The lowest BCUT2D eigenvalue weighted by Crippen LogP contribution is -2.09. The van der Waals surface area contributed by atoms with Crippen molar-refractivity contribution < 1.29 is 14.3 Å². The summed E-state index contributed by atoms with van der Waals surface area (Å²) in [5.74, 6) is 0.938. The highest BCUT2D eigenvalue weighted by Crippen LogP contribution is 2.19. The van der Waals surface area contributed by atoms with Gasteiger partial charge < -0.3 is 9.47 Å². The van der Waals surface area contributed by atoms with Gasteiger partial charge in [0.25, 0.3) is 0 Å². The highest BCUT2D eigenvalue weighted by atomic mass is 16.5. The van der Waals surface area contributed by atoms with Crippen LogP contribution in [0.3, 0.4) is 0 Å². The fourth-order valence-corrected chi connectivity index (χ4v) is 1.89. The molecule has 2 aromatic carbocycles. The van der Waals surface area contributed by atoms with Gasteiger partial charge in [-0.1, -0.05) is 6.07 Å². The Morgan fingerprint density at radius 3 is 2.10 bits per heavy atom. The third-order valence-electron chi connectivity index (χ3n) is 3.15. The summed E-state index contributed by atoms with van der Waals surface area (Å²) in [6, 6.07) is 12.6. The number of rotatable bonds is 4. The van der Waals surface area contributed by atoms with Crippen molar-refractivity contribution in [3.8, 4) is 11.5 Å². The van der Waals surface area contributed by atoms with E-state index in [1.165, 1.54) is 5.56 Å². The van der Waals surface area contributed by atoms with Crippen molar-refractivity contribution >= 4 is 5.97 Å². The zero-order chi connectivity index (χ0) is 15.4. The van der Waals surface area contributed by atoms with E-state index in [-0.39, 0.29) is 12.1 Å². The molecular weight excluding hydrogens is 264 g/mol. The number of hydrogen-bond donors (Lipinski definition) is 0. The summed E-state index contributed by atoms with van der Waals surface area (Å²) >= 11 is 0. The van der Waals surface area contributed by atoms with Gasteiger partial charge in [0.1, 0.15) is 11.5 Å². The maximum Gasteiger partial charge on any atom is 0.343 e. The largest absolute Gasteiger partial charge is 0.491 e. The molecule has 2 rings (SSSR count). The Morgan fingerprint density at radius 1 is 0.905 bits per heavy atom. The number of carbonyl (C=O) groups is 1. The summed E-state index contributed by atoms with van der Waals surface area (Å²) in [6.45, 7) is 7.93. The molecule has 0 amide bonds. The number of carbonyl (C=O) groups excluding carboxylic acids is 1. The molecule has 21 heavy (non-hydrogen) atoms. The lowest BCUT2D eigenvalue weighted by atomic mass is 10.1. The van der Waals surface area contributed by atoms with E-state index in [2.05, 4.69) is 0 Å². The predicted octanol–water partition coefficient (Wildman–Crippen LogP) is 4.31. The van der Waals surface area contributed by atoms with Crippen LogP contribution < -0.4 is 9.47 Å². The number of ether oxygens (including phenoxy) is 2. The van der Waals surface area contributed by atoms with Crippen LogP contribution in [0.2, 0.25) is 0 Å². The monoisotopic (exact) mass is 284 g/mol. The van der Waals surface area contributed by atoms with Crippen LogP contribution >= 0.6 is 0 Å². The SMILES string of the molecule is Cc1ccc(OC(=O)c2ccc(OC(C)C)cc2)cc1C. The van der Waals surface area contributed by atoms with Gasteiger partial charge in [0.15, 0.2) is 0 Å². The molecule has 0 saturated heterocycles. The van der Waals surface area contributed by atoms with Crippen LogP contribution in [0.5, 0.6) is 11.5 Å². The van der Waals surface area contributed by atoms with Crippen molar-refractivity contribution in [1.29, 1.82) is 0 Å². The van der Waals surface area contributed by atoms with Crippen LogP contribution in [-0.2, 0) is 0 Å². The average molecular weight is 284 g/mol. The van der Waals surface area contributed by atoms with E-state index in [9.17, 15) is 4.79 Å². The first-order valence-corrected chi connectivity index (χ1v) is 7.02. The van der Waals surface area contributed by atoms with Crippen molar-refractivity contribution in [2.24, 2.45) is 0 Å². The maximum absolute atomic E-state index is 12.1. The van der Waals surface area contributed by atoms with Crippen molar-refractivity contribution in [3.63, 3.8) is 0 Å². The van der Waals surface area contributed by atoms with E-state index in [0.717, 1.165) is 11.3 Å². The van der Waals surface area contributed by atoms with Gasteiger partial charge in [0, 0.05) is 0 Å². The Morgan fingerprint density at radius 2 is 1.52 bits per heavy atom. The first-order valence-electron chi connectivity index (χ1n) is 7.02. The standard InChI is InChI=1S/C18H20O3/c1-12(2)20-16-9-6-15(7-10-16)18(19)21-17-8-5-13(3)14(4)11-17/h5-12H,1-4H3. The molecule has 0 N–H and O–H groups in total. The lowest BCUT2D eigenvalue weighted by molar-refractivity contribution is 0.0734. The Balaban J connectivity index is 2.07. The molecule has 0 spiro atoms. The number of aryl methyl sites for hydroxylation is 2. The molecule has 0 aliphatic heterocycles. The molecule has 0 unspecified atom stereocenters. The lowest BCUT2D eigenvalue weighted by Gasteiger charge is -2.10. The summed E-state index contributed by atoms with van der Waals surface area (Å²) in [4.78, 5) is 12.1. The van der Waals surface area contributed by atoms with Crippen molar-refractivity contribution in [2.75, 3.05) is 0 Å². The van der Waals surface area contributed by atoms with Crippen molar-refractivity contribution in [3.05, 3.63) is 59.2 Å². The second-order valence-electron chi connectivity index (χ2n) is 5.33. The van der Waals surface area contributed by atoms with Crippen LogP contribution in [0.25, 0.3) is 0 Å². The fourth-order valence-electron chi connectivity index (χ4n) is 1.89. The quantitative estimate of drug-likeness (QED) is 0.620. The van der Waals surface area contributed by atoms with Crippen LogP contribution in [0.1, 0.15) is 35.3 Å². The average Bonchev–Trinajstić information content (AvgIpc) is 2.43. The molecule has 0 aromatic heterocycles. The smallest absolute Gasteiger partial charge is 0.343 e. The van der Waals surface area contributed by atoms with E-state index < -0.39 is 0 Å². The predicted molar refractivity (Wildman–Crippen MR) is 83.1 cm³/mol.